The van der Waals surface area contributed by atoms with E-state index in [0.29, 0.717) is 0 Å². The Morgan fingerprint density at radius 3 is 3.57 bits per heavy atom. The van der Waals surface area contributed by atoms with Crippen molar-refractivity contribution in [1.29, 1.82) is 0 Å². The van der Waals surface area contributed by atoms with Crippen LogP contribution in [0.3, 0.4) is 0 Å². The fourth-order valence-electron chi connectivity index (χ4n) is 0.267. The van der Waals surface area contributed by atoms with Crippen molar-refractivity contribution in [2.24, 2.45) is 4.99 Å². The standard InChI is InChI=1S/C5H4NS/c1-2-6-3-5-7-4-1/h1-4H. The summed E-state index contributed by atoms with van der Waals surface area (Å²) in [4.78, 5) is 3.80. The Morgan fingerprint density at radius 2 is 2.57 bits per heavy atom. The molecule has 1 radical (unpaired) electrons. The maximum Gasteiger partial charge on any atom is 0.0454 e. The van der Waals surface area contributed by atoms with Crippen molar-refractivity contribution in [3.8, 4) is 0 Å². The minimum Gasteiger partial charge on any atom is -0.263 e. The molecule has 0 spiro atoms. The van der Waals surface area contributed by atoms with Crippen LogP contribution in [0.1, 0.15) is 0 Å². The molecule has 1 heterocycles. The van der Waals surface area contributed by atoms with Crippen LogP contribution in [-0.2, 0) is 0 Å². The second-order valence-electron chi connectivity index (χ2n) is 0.991. The Hall–Kier alpha value is -0.500. The number of nitrogens with zero attached hydrogens (tertiary/aromatic N) is 1. The van der Waals surface area contributed by atoms with Crippen LogP contribution in [0, 0.1) is 5.41 Å². The number of hydrogen-bond acceptors (Lipinski definition) is 2. The highest BCUT2D eigenvalue weighted by Crippen LogP contribution is 2.02. The van der Waals surface area contributed by atoms with Crippen molar-refractivity contribution in [3.05, 3.63) is 23.1 Å². The summed E-state index contributed by atoms with van der Waals surface area (Å²) in [5, 5.41) is 4.78. The average Bonchev–Trinajstić information content (AvgIpc) is 1.90. The Balaban J connectivity index is 2.60. The van der Waals surface area contributed by atoms with Gasteiger partial charge in [-0.25, -0.2) is 0 Å². The summed E-state index contributed by atoms with van der Waals surface area (Å²) in [6, 6.07) is 0. The number of allylic oxidation sites excluding steroid dienone is 1. The van der Waals surface area contributed by atoms with Crippen LogP contribution in [0.15, 0.2) is 22.7 Å². The second-order valence-corrected chi connectivity index (χ2v) is 1.74. The minimum absolute atomic E-state index is 1.50. The SMILES string of the molecule is [C]1=CN=CC=CS1. The van der Waals surface area contributed by atoms with Crippen LogP contribution in [0.2, 0.25) is 0 Å². The van der Waals surface area contributed by atoms with Crippen LogP contribution >= 0.6 is 11.8 Å². The first kappa shape index (κ1) is 4.65. The molecular formula is C5H4NS. The summed E-state index contributed by atoms with van der Waals surface area (Å²) in [6.45, 7) is 0. The summed E-state index contributed by atoms with van der Waals surface area (Å²) in [6.07, 6.45) is 5.25. The number of hydrogen-bond donors (Lipinski definition) is 0. The van der Waals surface area contributed by atoms with Crippen molar-refractivity contribution < 1.29 is 0 Å². The molecule has 0 N–H and O–H groups in total. The van der Waals surface area contributed by atoms with Crippen LogP contribution < -0.4 is 0 Å². The first-order valence-corrected chi connectivity index (χ1v) is 2.79. The fourth-order valence-corrected chi connectivity index (χ4v) is 0.616. The molecule has 0 atom stereocenters. The van der Waals surface area contributed by atoms with Crippen LogP contribution in [-0.4, -0.2) is 6.21 Å². The van der Waals surface area contributed by atoms with E-state index >= 15 is 0 Å². The first-order valence-electron chi connectivity index (χ1n) is 1.91. The molecule has 0 unspecified atom stereocenters. The minimum atomic E-state index is 1.50. The topological polar surface area (TPSA) is 12.4 Å². The highest BCUT2D eigenvalue weighted by molar-refractivity contribution is 8.03. The first-order chi connectivity index (χ1) is 3.50. The van der Waals surface area contributed by atoms with E-state index in [0.717, 1.165) is 0 Å². The van der Waals surface area contributed by atoms with Gasteiger partial charge in [-0.1, -0.05) is 11.8 Å². The molecule has 0 aliphatic carbocycles. The zero-order valence-corrected chi connectivity index (χ0v) is 4.48. The van der Waals surface area contributed by atoms with Gasteiger partial charge in [0.1, 0.15) is 0 Å². The second kappa shape index (κ2) is 2.64. The van der Waals surface area contributed by atoms with E-state index in [9.17, 15) is 0 Å². The molecule has 1 nitrogen and oxygen atoms in total. The smallest absolute Gasteiger partial charge is 0.0454 e. The lowest BCUT2D eigenvalue weighted by molar-refractivity contribution is 1.61. The van der Waals surface area contributed by atoms with Gasteiger partial charge in [-0.05, 0) is 11.5 Å². The Bertz CT molecular complexity index is 110. The lowest BCUT2D eigenvalue weighted by atomic mass is 10.7. The van der Waals surface area contributed by atoms with E-state index < -0.39 is 0 Å². The number of rotatable bonds is 0. The molecule has 35 valence electrons. The third-order valence-electron chi connectivity index (χ3n) is 0.514. The molecule has 2 heteroatoms. The third-order valence-corrected chi connectivity index (χ3v) is 1.05. The molecule has 0 aromatic carbocycles. The molecule has 0 saturated carbocycles. The summed E-state index contributed by atoms with van der Waals surface area (Å²) in [7, 11) is 0. The Morgan fingerprint density at radius 1 is 1.57 bits per heavy atom. The maximum atomic E-state index is 3.80. The van der Waals surface area contributed by atoms with E-state index in [1.807, 2.05) is 11.5 Å². The van der Waals surface area contributed by atoms with E-state index in [1.54, 1.807) is 12.4 Å². The van der Waals surface area contributed by atoms with Crippen molar-refractivity contribution in [3.63, 3.8) is 0 Å². The van der Waals surface area contributed by atoms with Crippen molar-refractivity contribution in [2.75, 3.05) is 0 Å². The molecule has 0 bridgehead atoms. The molecule has 0 amide bonds. The van der Waals surface area contributed by atoms with E-state index in [1.165, 1.54) is 11.8 Å². The molecule has 0 fully saturated rings. The average molecular weight is 110 g/mol. The molecule has 1 aliphatic rings. The predicted molar refractivity (Wildman–Crippen MR) is 33.0 cm³/mol. The van der Waals surface area contributed by atoms with E-state index in [4.69, 9.17) is 0 Å². The molecule has 7 heavy (non-hydrogen) atoms. The zero-order valence-electron chi connectivity index (χ0n) is 3.66. The summed E-state index contributed by atoms with van der Waals surface area (Å²) in [5.74, 6) is 0. The predicted octanol–water partition coefficient (Wildman–Crippen LogP) is 1.59. The molecule has 1 aliphatic heterocycles. The monoisotopic (exact) mass is 110 g/mol. The molecule has 0 aromatic heterocycles. The summed E-state index contributed by atoms with van der Waals surface area (Å²) < 4.78 is 0. The quantitative estimate of drug-likeness (QED) is 0.461. The fraction of sp³-hybridized carbons (Fsp3) is 0. The van der Waals surface area contributed by atoms with Crippen molar-refractivity contribution in [2.45, 2.75) is 0 Å². The van der Waals surface area contributed by atoms with Gasteiger partial charge in [0, 0.05) is 17.8 Å². The van der Waals surface area contributed by atoms with Crippen molar-refractivity contribution in [1.82, 2.24) is 0 Å². The van der Waals surface area contributed by atoms with Gasteiger partial charge in [-0.15, -0.1) is 0 Å². The van der Waals surface area contributed by atoms with Gasteiger partial charge in [0.2, 0.25) is 0 Å². The van der Waals surface area contributed by atoms with Gasteiger partial charge in [0.15, 0.2) is 0 Å². The normalized spacial score (nSPS) is 17.1. The van der Waals surface area contributed by atoms with Gasteiger partial charge < -0.3 is 0 Å². The van der Waals surface area contributed by atoms with Gasteiger partial charge in [-0.3, -0.25) is 4.99 Å². The van der Waals surface area contributed by atoms with Gasteiger partial charge in [-0.2, -0.15) is 0 Å². The maximum absolute atomic E-state index is 3.80. The van der Waals surface area contributed by atoms with E-state index in [-0.39, 0.29) is 0 Å². The summed E-state index contributed by atoms with van der Waals surface area (Å²) >= 11 is 1.50. The molecule has 0 saturated heterocycles. The van der Waals surface area contributed by atoms with Crippen LogP contribution in [0.4, 0.5) is 0 Å². The summed E-state index contributed by atoms with van der Waals surface area (Å²) in [5.41, 5.74) is 0. The molecule has 0 aromatic rings. The van der Waals surface area contributed by atoms with Gasteiger partial charge in [0.05, 0.1) is 0 Å². The highest BCUT2D eigenvalue weighted by atomic mass is 32.2. The Labute approximate surface area is 46.8 Å². The molecule has 1 rings (SSSR count). The van der Waals surface area contributed by atoms with E-state index in [2.05, 4.69) is 10.4 Å². The zero-order chi connectivity index (χ0) is 4.95. The number of aliphatic imine (C=N–C) groups is 1. The lowest BCUT2D eigenvalue weighted by Crippen LogP contribution is -1.52. The third kappa shape index (κ3) is 1.59. The van der Waals surface area contributed by atoms with Gasteiger partial charge >= 0.3 is 0 Å². The molecular weight excluding hydrogens is 106 g/mol. The van der Waals surface area contributed by atoms with Gasteiger partial charge in [0.25, 0.3) is 0 Å². The van der Waals surface area contributed by atoms with Crippen LogP contribution in [0.5, 0.6) is 0 Å². The highest BCUT2D eigenvalue weighted by Gasteiger charge is 1.72. The number of thioether (sulfide) groups is 1. The van der Waals surface area contributed by atoms with Crippen molar-refractivity contribution >= 4 is 18.0 Å². The largest absolute Gasteiger partial charge is 0.263 e. The lowest BCUT2D eigenvalue weighted by Gasteiger charge is -1.67. The van der Waals surface area contributed by atoms with Crippen LogP contribution in [0.25, 0.3) is 0 Å². The Kier molecular flexibility index (Phi) is 1.75.